The number of fused-ring (bicyclic) bond motifs is 1. The summed E-state index contributed by atoms with van der Waals surface area (Å²) in [4.78, 5) is 4.50. The summed E-state index contributed by atoms with van der Waals surface area (Å²) in [6.45, 7) is 0.528. The van der Waals surface area contributed by atoms with Gasteiger partial charge >= 0.3 is 0 Å². The van der Waals surface area contributed by atoms with Crippen molar-refractivity contribution >= 4 is 22.8 Å². The Balaban J connectivity index is 1.77. The molecule has 0 radical (unpaired) electrons. The Morgan fingerprint density at radius 1 is 1.12 bits per heavy atom. The average Bonchev–Trinajstić information content (AvgIpc) is 3.12. The van der Waals surface area contributed by atoms with Gasteiger partial charge in [-0.2, -0.15) is 0 Å². The van der Waals surface area contributed by atoms with Crippen LogP contribution in [0, 0.1) is 0 Å². The molecule has 2 heterocycles. The van der Waals surface area contributed by atoms with E-state index >= 15 is 0 Å². The van der Waals surface area contributed by atoms with Gasteiger partial charge in [-0.3, -0.25) is 0 Å². The lowest BCUT2D eigenvalue weighted by atomic mass is 9.81. The van der Waals surface area contributed by atoms with Crippen LogP contribution in [0.4, 0.5) is 17.2 Å². The molecule has 3 aromatic rings. The predicted molar refractivity (Wildman–Crippen MR) is 104 cm³/mol. The second kappa shape index (κ2) is 6.93. The number of nitrogens with one attached hydrogen (secondary N) is 1. The minimum absolute atomic E-state index is 0.288. The lowest BCUT2D eigenvalue weighted by molar-refractivity contribution is 0.396. The second-order valence-corrected chi connectivity index (χ2v) is 7.01. The monoisotopic (exact) mass is 351 g/mol. The van der Waals surface area contributed by atoms with Crippen LogP contribution in [0.5, 0.6) is 0 Å². The van der Waals surface area contributed by atoms with Gasteiger partial charge in [-0.25, -0.2) is 9.50 Å². The van der Waals surface area contributed by atoms with Crippen molar-refractivity contribution in [2.75, 3.05) is 11.1 Å². The molecule has 2 aromatic heterocycles. The average molecular weight is 351 g/mol. The van der Waals surface area contributed by atoms with Crippen molar-refractivity contribution in [2.24, 2.45) is 11.5 Å². The van der Waals surface area contributed by atoms with E-state index in [2.05, 4.69) is 15.4 Å². The zero-order chi connectivity index (χ0) is 18.1. The van der Waals surface area contributed by atoms with Gasteiger partial charge in [0.15, 0.2) is 5.65 Å². The largest absolute Gasteiger partial charge is 0.382 e. The van der Waals surface area contributed by atoms with Gasteiger partial charge in [0.05, 0.1) is 5.69 Å². The first-order valence-corrected chi connectivity index (χ1v) is 9.10. The van der Waals surface area contributed by atoms with E-state index in [1.54, 1.807) is 10.7 Å². The molecule has 0 bridgehead atoms. The molecule has 136 valence electrons. The molecule has 4 rings (SSSR count). The first-order chi connectivity index (χ1) is 12.7. The molecule has 1 fully saturated rings. The normalized spacial score (nSPS) is 20.4. The van der Waals surface area contributed by atoms with E-state index in [0.29, 0.717) is 18.3 Å². The van der Waals surface area contributed by atoms with Crippen LogP contribution in [0.15, 0.2) is 36.7 Å². The van der Waals surface area contributed by atoms with Crippen molar-refractivity contribution < 1.29 is 0 Å². The Hall–Kier alpha value is -2.64. The molecule has 0 aliphatic heterocycles. The summed E-state index contributed by atoms with van der Waals surface area (Å²) in [7, 11) is 0. The fourth-order valence-corrected chi connectivity index (χ4v) is 3.79. The number of anilines is 3. The van der Waals surface area contributed by atoms with Crippen LogP contribution in [0.1, 0.15) is 42.7 Å². The number of rotatable bonds is 4. The minimum Gasteiger partial charge on any atom is -0.382 e. The molecule has 7 nitrogen and oxygen atoms in total. The van der Waals surface area contributed by atoms with E-state index in [4.69, 9.17) is 17.2 Å². The van der Waals surface area contributed by atoms with Gasteiger partial charge in [0, 0.05) is 36.2 Å². The summed E-state index contributed by atoms with van der Waals surface area (Å²) < 4.78 is 1.73. The highest BCUT2D eigenvalue weighted by Crippen LogP contribution is 2.41. The number of nitrogen functional groups attached to an aromatic ring is 1. The van der Waals surface area contributed by atoms with Crippen LogP contribution in [0.25, 0.3) is 5.65 Å². The molecule has 0 atom stereocenters. The summed E-state index contributed by atoms with van der Waals surface area (Å²) in [5, 5.41) is 8.03. The maximum absolute atomic E-state index is 6.36. The fourth-order valence-electron chi connectivity index (χ4n) is 3.79. The smallest absolute Gasteiger partial charge is 0.177 e. The molecule has 0 spiro atoms. The van der Waals surface area contributed by atoms with Crippen LogP contribution >= 0.6 is 0 Å². The SMILES string of the molecule is NCc1ccc(Nc2c3nccn3nc(N)c2[C@H]2CC[C@H](N)CC2)cc1. The molecule has 26 heavy (non-hydrogen) atoms. The van der Waals surface area contributed by atoms with Gasteiger partial charge in [-0.15, -0.1) is 5.10 Å². The van der Waals surface area contributed by atoms with Crippen LogP contribution < -0.4 is 22.5 Å². The Bertz CT molecular complexity index is 892. The number of benzene rings is 1. The molecular formula is C19H25N7. The third kappa shape index (κ3) is 3.11. The topological polar surface area (TPSA) is 120 Å². The van der Waals surface area contributed by atoms with E-state index < -0.39 is 0 Å². The highest BCUT2D eigenvalue weighted by molar-refractivity contribution is 5.80. The van der Waals surface area contributed by atoms with Gasteiger partial charge in [0.25, 0.3) is 0 Å². The minimum atomic E-state index is 0.288. The Morgan fingerprint density at radius 3 is 2.54 bits per heavy atom. The first-order valence-electron chi connectivity index (χ1n) is 9.10. The highest BCUT2D eigenvalue weighted by atomic mass is 15.3. The zero-order valence-corrected chi connectivity index (χ0v) is 14.7. The van der Waals surface area contributed by atoms with Crippen molar-refractivity contribution in [3.05, 3.63) is 47.8 Å². The third-order valence-corrected chi connectivity index (χ3v) is 5.25. The molecule has 1 saturated carbocycles. The summed E-state index contributed by atoms with van der Waals surface area (Å²) in [5.74, 6) is 0.895. The highest BCUT2D eigenvalue weighted by Gasteiger charge is 2.27. The van der Waals surface area contributed by atoms with E-state index in [1.807, 2.05) is 30.5 Å². The summed E-state index contributed by atoms with van der Waals surface area (Å²) in [6.07, 6.45) is 7.61. The Kier molecular flexibility index (Phi) is 4.48. The Labute approximate surface area is 152 Å². The van der Waals surface area contributed by atoms with E-state index in [0.717, 1.165) is 53.8 Å². The summed E-state index contributed by atoms with van der Waals surface area (Å²) in [5.41, 5.74) is 23.0. The van der Waals surface area contributed by atoms with Crippen molar-refractivity contribution in [1.29, 1.82) is 0 Å². The first kappa shape index (κ1) is 16.8. The summed E-state index contributed by atoms with van der Waals surface area (Å²) >= 11 is 0. The predicted octanol–water partition coefficient (Wildman–Crippen LogP) is 2.50. The van der Waals surface area contributed by atoms with Crippen molar-refractivity contribution in [3.63, 3.8) is 0 Å². The van der Waals surface area contributed by atoms with E-state index in [1.165, 1.54) is 0 Å². The molecule has 7 heteroatoms. The molecule has 0 saturated heterocycles. The van der Waals surface area contributed by atoms with Crippen LogP contribution in [0.2, 0.25) is 0 Å². The van der Waals surface area contributed by atoms with E-state index in [-0.39, 0.29) is 6.04 Å². The number of hydrogen-bond donors (Lipinski definition) is 4. The van der Waals surface area contributed by atoms with Crippen molar-refractivity contribution in [3.8, 4) is 0 Å². The molecular weight excluding hydrogens is 326 g/mol. The van der Waals surface area contributed by atoms with Crippen LogP contribution in [-0.2, 0) is 6.54 Å². The maximum Gasteiger partial charge on any atom is 0.177 e. The molecule has 1 aliphatic rings. The van der Waals surface area contributed by atoms with Gasteiger partial charge in [0.2, 0.25) is 0 Å². The maximum atomic E-state index is 6.36. The fraction of sp³-hybridized carbons (Fsp3) is 0.368. The third-order valence-electron chi connectivity index (χ3n) is 5.25. The number of nitrogens with zero attached hydrogens (tertiary/aromatic N) is 3. The standard InChI is InChI=1S/C19H25N7/c20-11-12-1-7-15(8-2-12)24-17-16(13-3-5-14(21)6-4-13)18(22)25-26-10-9-23-19(17)26/h1-2,7-10,13-14,24H,3-6,11,20-21H2,(H2,22,25)/t13-,14-. The molecule has 0 amide bonds. The number of hydrogen-bond acceptors (Lipinski definition) is 6. The zero-order valence-electron chi connectivity index (χ0n) is 14.7. The van der Waals surface area contributed by atoms with E-state index in [9.17, 15) is 0 Å². The van der Waals surface area contributed by atoms with Gasteiger partial charge < -0.3 is 22.5 Å². The summed E-state index contributed by atoms with van der Waals surface area (Å²) in [6, 6.07) is 8.39. The van der Waals surface area contributed by atoms with Crippen LogP contribution in [-0.4, -0.2) is 20.6 Å². The number of nitrogens with two attached hydrogens (primary N) is 3. The van der Waals surface area contributed by atoms with Gasteiger partial charge in [-0.05, 0) is 49.3 Å². The Morgan fingerprint density at radius 2 is 1.85 bits per heavy atom. The quantitative estimate of drug-likeness (QED) is 0.573. The molecule has 1 aliphatic carbocycles. The van der Waals surface area contributed by atoms with Crippen molar-refractivity contribution in [1.82, 2.24) is 14.6 Å². The van der Waals surface area contributed by atoms with Crippen molar-refractivity contribution in [2.45, 2.75) is 44.2 Å². The number of imidazole rings is 1. The lowest BCUT2D eigenvalue weighted by Crippen LogP contribution is -2.26. The lowest BCUT2D eigenvalue weighted by Gasteiger charge is -2.28. The molecule has 7 N–H and O–H groups in total. The molecule has 1 aromatic carbocycles. The second-order valence-electron chi connectivity index (χ2n) is 7.01. The van der Waals surface area contributed by atoms with Gasteiger partial charge in [0.1, 0.15) is 5.82 Å². The van der Waals surface area contributed by atoms with Crippen LogP contribution in [0.3, 0.4) is 0 Å². The number of aromatic nitrogens is 3. The molecule has 0 unspecified atom stereocenters. The van der Waals surface area contributed by atoms with Gasteiger partial charge in [-0.1, -0.05) is 12.1 Å².